The Kier molecular flexibility index (Phi) is 4.87. The second-order valence-corrected chi connectivity index (χ2v) is 6.58. The average molecular weight is 287 g/mol. The van der Waals surface area contributed by atoms with Crippen LogP contribution in [0.3, 0.4) is 0 Å². The normalized spacial score (nSPS) is 17.5. The van der Waals surface area contributed by atoms with Crippen molar-refractivity contribution in [2.45, 2.75) is 32.9 Å². The molecule has 1 aliphatic heterocycles. The van der Waals surface area contributed by atoms with E-state index in [9.17, 15) is 0 Å². The summed E-state index contributed by atoms with van der Waals surface area (Å²) in [4.78, 5) is 4.98. The van der Waals surface area contributed by atoms with Gasteiger partial charge in [-0.25, -0.2) is 0 Å². The lowest BCUT2D eigenvalue weighted by Crippen LogP contribution is -2.53. The summed E-state index contributed by atoms with van der Waals surface area (Å²) in [6.07, 6.45) is 0. The van der Waals surface area contributed by atoms with Crippen LogP contribution in [-0.2, 0) is 6.54 Å². The Bertz CT molecular complexity index is 520. The van der Waals surface area contributed by atoms with Crippen molar-refractivity contribution in [3.05, 3.63) is 29.3 Å². The number of nitrogens with zero attached hydrogens (tertiary/aromatic N) is 3. The van der Waals surface area contributed by atoms with Crippen molar-refractivity contribution >= 4 is 0 Å². The zero-order valence-electron chi connectivity index (χ0n) is 13.5. The summed E-state index contributed by atoms with van der Waals surface area (Å²) in [7, 11) is 1.60. The van der Waals surface area contributed by atoms with Crippen LogP contribution in [0.4, 0.5) is 0 Å². The Morgan fingerprint density at radius 2 is 1.86 bits per heavy atom. The van der Waals surface area contributed by atoms with Crippen LogP contribution in [0.1, 0.15) is 31.9 Å². The fraction of sp³-hybridized carbons (Fsp3) is 0.588. The maximum absolute atomic E-state index is 9.15. The molecule has 1 fully saturated rings. The molecule has 4 heteroatoms. The van der Waals surface area contributed by atoms with Crippen molar-refractivity contribution in [1.29, 1.82) is 5.26 Å². The van der Waals surface area contributed by atoms with E-state index in [1.165, 1.54) is 5.56 Å². The first-order chi connectivity index (χ1) is 9.94. The van der Waals surface area contributed by atoms with Gasteiger partial charge in [0.1, 0.15) is 11.8 Å². The highest BCUT2D eigenvalue weighted by Crippen LogP contribution is 2.21. The van der Waals surface area contributed by atoms with Gasteiger partial charge >= 0.3 is 0 Å². The van der Waals surface area contributed by atoms with Crippen LogP contribution >= 0.6 is 0 Å². The molecular formula is C17H25N3O. The molecule has 21 heavy (non-hydrogen) atoms. The van der Waals surface area contributed by atoms with Crippen molar-refractivity contribution in [1.82, 2.24) is 9.80 Å². The van der Waals surface area contributed by atoms with Crippen LogP contribution in [-0.4, -0.2) is 48.6 Å². The maximum atomic E-state index is 9.15. The minimum atomic E-state index is 0.250. The summed E-state index contributed by atoms with van der Waals surface area (Å²) >= 11 is 0. The quantitative estimate of drug-likeness (QED) is 0.856. The van der Waals surface area contributed by atoms with Gasteiger partial charge in [-0.05, 0) is 38.5 Å². The zero-order valence-corrected chi connectivity index (χ0v) is 13.5. The summed E-state index contributed by atoms with van der Waals surface area (Å²) in [5, 5.41) is 9.15. The van der Waals surface area contributed by atoms with Crippen LogP contribution in [0.25, 0.3) is 0 Å². The first-order valence-electron chi connectivity index (χ1n) is 7.48. The summed E-state index contributed by atoms with van der Waals surface area (Å²) in [6.45, 7) is 12.1. The third-order valence-electron chi connectivity index (χ3n) is 4.11. The van der Waals surface area contributed by atoms with Crippen molar-refractivity contribution < 1.29 is 4.74 Å². The molecule has 0 aliphatic carbocycles. The SMILES string of the molecule is COc1ccc(CN2CCN(C(C)(C)C)CC2)cc1C#N. The summed E-state index contributed by atoms with van der Waals surface area (Å²) in [5.41, 5.74) is 2.04. The molecule has 2 rings (SSSR count). The van der Waals surface area contributed by atoms with Gasteiger partial charge in [0.25, 0.3) is 0 Å². The molecule has 0 amide bonds. The Morgan fingerprint density at radius 3 is 2.38 bits per heavy atom. The van der Waals surface area contributed by atoms with Gasteiger partial charge in [0.2, 0.25) is 0 Å². The van der Waals surface area contributed by atoms with E-state index in [4.69, 9.17) is 10.00 Å². The number of benzene rings is 1. The number of ether oxygens (including phenoxy) is 1. The van der Waals surface area contributed by atoms with Crippen LogP contribution in [0.5, 0.6) is 5.75 Å². The van der Waals surface area contributed by atoms with Gasteiger partial charge in [-0.2, -0.15) is 5.26 Å². The number of hydrogen-bond acceptors (Lipinski definition) is 4. The van der Waals surface area contributed by atoms with Crippen molar-refractivity contribution in [3.8, 4) is 11.8 Å². The van der Waals surface area contributed by atoms with Gasteiger partial charge in [0.15, 0.2) is 0 Å². The standard InChI is InChI=1S/C17H25N3O/c1-17(2,3)20-9-7-19(8-10-20)13-14-5-6-16(21-4)15(11-14)12-18/h5-6,11H,7-10,13H2,1-4H3. The summed E-state index contributed by atoms with van der Waals surface area (Å²) in [5.74, 6) is 0.652. The smallest absolute Gasteiger partial charge is 0.136 e. The van der Waals surface area contributed by atoms with Gasteiger partial charge in [0, 0.05) is 38.3 Å². The lowest BCUT2D eigenvalue weighted by Gasteiger charge is -2.42. The fourth-order valence-electron chi connectivity index (χ4n) is 2.78. The van der Waals surface area contributed by atoms with Gasteiger partial charge < -0.3 is 4.74 Å². The molecule has 0 atom stereocenters. The molecule has 114 valence electrons. The fourth-order valence-corrected chi connectivity index (χ4v) is 2.78. The number of piperazine rings is 1. The predicted octanol–water partition coefficient (Wildman–Crippen LogP) is 2.48. The molecule has 1 aromatic rings. The van der Waals surface area contributed by atoms with E-state index in [-0.39, 0.29) is 5.54 Å². The molecule has 0 bridgehead atoms. The third kappa shape index (κ3) is 3.96. The Labute approximate surface area is 127 Å². The van der Waals surface area contributed by atoms with Crippen molar-refractivity contribution in [3.63, 3.8) is 0 Å². The molecule has 1 aromatic carbocycles. The molecule has 0 unspecified atom stereocenters. The summed E-state index contributed by atoms with van der Waals surface area (Å²) < 4.78 is 5.19. The van der Waals surface area contributed by atoms with Gasteiger partial charge in [-0.3, -0.25) is 9.80 Å². The third-order valence-corrected chi connectivity index (χ3v) is 4.11. The minimum absolute atomic E-state index is 0.250. The van der Waals surface area contributed by atoms with E-state index < -0.39 is 0 Å². The van der Waals surface area contributed by atoms with E-state index in [0.717, 1.165) is 32.7 Å². The monoisotopic (exact) mass is 287 g/mol. The topological polar surface area (TPSA) is 39.5 Å². The minimum Gasteiger partial charge on any atom is -0.495 e. The first-order valence-corrected chi connectivity index (χ1v) is 7.48. The summed E-state index contributed by atoms with van der Waals surface area (Å²) in [6, 6.07) is 8.08. The molecule has 1 heterocycles. The molecule has 0 saturated carbocycles. The molecule has 0 radical (unpaired) electrons. The molecule has 0 N–H and O–H groups in total. The van der Waals surface area contributed by atoms with Crippen molar-refractivity contribution in [2.24, 2.45) is 0 Å². The lowest BCUT2D eigenvalue weighted by molar-refractivity contribution is 0.0591. The highest BCUT2D eigenvalue weighted by Gasteiger charge is 2.25. The highest BCUT2D eigenvalue weighted by molar-refractivity contribution is 5.45. The Hall–Kier alpha value is -1.57. The molecule has 1 aliphatic rings. The van der Waals surface area contributed by atoms with Crippen molar-refractivity contribution in [2.75, 3.05) is 33.3 Å². The predicted molar refractivity (Wildman–Crippen MR) is 84.3 cm³/mol. The van der Waals surface area contributed by atoms with Gasteiger partial charge in [-0.15, -0.1) is 0 Å². The van der Waals surface area contributed by atoms with Crippen LogP contribution in [0, 0.1) is 11.3 Å². The molecule has 0 aromatic heterocycles. The average Bonchev–Trinajstić information content (AvgIpc) is 2.46. The second-order valence-electron chi connectivity index (χ2n) is 6.58. The van der Waals surface area contributed by atoms with Gasteiger partial charge in [-0.1, -0.05) is 6.07 Å². The molecule has 4 nitrogen and oxygen atoms in total. The first kappa shape index (κ1) is 15.8. The van der Waals surface area contributed by atoms with E-state index in [1.807, 2.05) is 12.1 Å². The van der Waals surface area contributed by atoms with E-state index in [0.29, 0.717) is 11.3 Å². The second kappa shape index (κ2) is 6.46. The number of methoxy groups -OCH3 is 1. The molecule has 1 saturated heterocycles. The number of hydrogen-bond donors (Lipinski definition) is 0. The van der Waals surface area contributed by atoms with E-state index >= 15 is 0 Å². The Morgan fingerprint density at radius 1 is 1.19 bits per heavy atom. The molecular weight excluding hydrogens is 262 g/mol. The van der Waals surface area contributed by atoms with Crippen LogP contribution in [0.2, 0.25) is 0 Å². The van der Waals surface area contributed by atoms with E-state index in [1.54, 1.807) is 7.11 Å². The van der Waals surface area contributed by atoms with Crippen LogP contribution in [0.15, 0.2) is 18.2 Å². The van der Waals surface area contributed by atoms with Crippen LogP contribution < -0.4 is 4.74 Å². The lowest BCUT2D eigenvalue weighted by atomic mass is 10.0. The number of rotatable bonds is 3. The highest BCUT2D eigenvalue weighted by atomic mass is 16.5. The number of nitriles is 1. The van der Waals surface area contributed by atoms with E-state index in [2.05, 4.69) is 42.7 Å². The van der Waals surface area contributed by atoms with Gasteiger partial charge in [0.05, 0.1) is 12.7 Å². The Balaban J connectivity index is 1.97. The largest absolute Gasteiger partial charge is 0.495 e. The maximum Gasteiger partial charge on any atom is 0.136 e. The zero-order chi connectivity index (χ0) is 15.5. The molecule has 0 spiro atoms.